The Bertz CT molecular complexity index is 1460. The van der Waals surface area contributed by atoms with E-state index >= 15 is 0 Å². The summed E-state index contributed by atoms with van der Waals surface area (Å²) in [5.41, 5.74) is 1.41. The van der Waals surface area contributed by atoms with Crippen LogP contribution in [-0.4, -0.2) is 52.0 Å². The average Bonchev–Trinajstić information content (AvgIpc) is 2.84. The van der Waals surface area contributed by atoms with Gasteiger partial charge in [0, 0.05) is 37.8 Å². The number of nitrogens with one attached hydrogen (secondary N) is 1. The minimum absolute atomic E-state index is 0.0278. The first kappa shape index (κ1) is 28.7. The number of halogens is 2. The Morgan fingerprint density at radius 3 is 2.03 bits per heavy atom. The van der Waals surface area contributed by atoms with Crippen molar-refractivity contribution in [2.24, 2.45) is 0 Å². The van der Waals surface area contributed by atoms with E-state index in [0.717, 1.165) is 20.2 Å². The number of nitrogens with zero attached hydrogens (tertiary/aromatic N) is 2. The summed E-state index contributed by atoms with van der Waals surface area (Å²) < 4.78 is 67.6. The molecule has 12 heteroatoms. The Kier molecular flexibility index (Phi) is 9.09. The summed E-state index contributed by atoms with van der Waals surface area (Å²) in [7, 11) is -4.92. The highest BCUT2D eigenvalue weighted by Crippen LogP contribution is 2.25. The van der Waals surface area contributed by atoms with Gasteiger partial charge in [0.25, 0.3) is 0 Å². The first-order valence-electron chi connectivity index (χ1n) is 11.1. The highest BCUT2D eigenvalue weighted by Gasteiger charge is 2.28. The molecule has 1 amide bonds. The highest BCUT2D eigenvalue weighted by molar-refractivity contribution is 7.89. The van der Waals surface area contributed by atoms with Crippen LogP contribution in [0.4, 0.5) is 4.39 Å². The Hall–Kier alpha value is -2.83. The van der Waals surface area contributed by atoms with Gasteiger partial charge in [-0.05, 0) is 48.9 Å². The van der Waals surface area contributed by atoms with Gasteiger partial charge in [-0.15, -0.1) is 0 Å². The van der Waals surface area contributed by atoms with Crippen LogP contribution in [0.15, 0.2) is 76.5 Å². The second-order valence-electron chi connectivity index (χ2n) is 8.49. The number of amides is 1. The van der Waals surface area contributed by atoms with E-state index in [1.165, 1.54) is 50.5 Å². The summed E-state index contributed by atoms with van der Waals surface area (Å²) in [6.07, 6.45) is 0. The molecule has 0 fully saturated rings. The van der Waals surface area contributed by atoms with Crippen LogP contribution < -0.4 is 5.32 Å². The maximum absolute atomic E-state index is 14.5. The largest absolute Gasteiger partial charge is 0.351 e. The van der Waals surface area contributed by atoms with E-state index in [1.54, 1.807) is 24.3 Å². The molecule has 1 N–H and O–H groups in total. The smallest absolute Gasteiger partial charge is 0.243 e. The summed E-state index contributed by atoms with van der Waals surface area (Å²) in [4.78, 5) is 12.8. The summed E-state index contributed by atoms with van der Waals surface area (Å²) in [5, 5.41) is 2.67. The van der Waals surface area contributed by atoms with Crippen molar-refractivity contribution in [3.05, 3.63) is 94.3 Å². The van der Waals surface area contributed by atoms with Crippen molar-refractivity contribution in [1.82, 2.24) is 13.9 Å². The summed E-state index contributed by atoms with van der Waals surface area (Å²) in [6.45, 7) is 0.795. The van der Waals surface area contributed by atoms with Gasteiger partial charge < -0.3 is 5.32 Å². The van der Waals surface area contributed by atoms with Crippen molar-refractivity contribution < 1.29 is 26.0 Å². The van der Waals surface area contributed by atoms with Gasteiger partial charge in [-0.1, -0.05) is 47.5 Å². The fraction of sp³-hybridized carbons (Fsp3) is 0.240. The van der Waals surface area contributed by atoms with E-state index in [2.05, 4.69) is 5.32 Å². The standard InChI is InChI=1S/C25H27ClFN3O5S2/c1-18-7-11-21(12-8-18)37(34,35)30(16-22-23(26)5-4-6-24(22)27)17-25(31)28-15-19-9-13-20(14-10-19)36(32,33)29(2)3/h4-14H,15-17H2,1-3H3,(H,28,31). The molecule has 0 heterocycles. The lowest BCUT2D eigenvalue weighted by Crippen LogP contribution is -2.40. The normalized spacial score (nSPS) is 12.2. The Balaban J connectivity index is 1.80. The predicted octanol–water partition coefficient (Wildman–Crippen LogP) is 3.55. The molecule has 0 aliphatic rings. The first-order chi connectivity index (χ1) is 17.3. The molecule has 3 rings (SSSR count). The predicted molar refractivity (Wildman–Crippen MR) is 139 cm³/mol. The molecule has 8 nitrogen and oxygen atoms in total. The van der Waals surface area contributed by atoms with Crippen molar-refractivity contribution in [2.75, 3.05) is 20.6 Å². The van der Waals surface area contributed by atoms with E-state index in [9.17, 15) is 26.0 Å². The molecule has 0 aliphatic carbocycles. The Labute approximate surface area is 221 Å². The van der Waals surface area contributed by atoms with Crippen molar-refractivity contribution in [2.45, 2.75) is 29.8 Å². The molecule has 0 unspecified atom stereocenters. The number of aryl methyl sites for hydroxylation is 1. The van der Waals surface area contributed by atoms with E-state index in [-0.39, 0.29) is 26.9 Å². The number of rotatable bonds is 10. The lowest BCUT2D eigenvalue weighted by Gasteiger charge is -2.23. The Morgan fingerprint density at radius 2 is 1.46 bits per heavy atom. The molecule has 0 bridgehead atoms. The Morgan fingerprint density at radius 1 is 0.892 bits per heavy atom. The van der Waals surface area contributed by atoms with Gasteiger partial charge in [-0.3, -0.25) is 4.79 Å². The van der Waals surface area contributed by atoms with Gasteiger partial charge in [0.2, 0.25) is 26.0 Å². The number of hydrogen-bond acceptors (Lipinski definition) is 5. The molecular weight excluding hydrogens is 541 g/mol. The van der Waals surface area contributed by atoms with Crippen molar-refractivity contribution >= 4 is 37.6 Å². The zero-order valence-electron chi connectivity index (χ0n) is 20.5. The van der Waals surface area contributed by atoms with Crippen LogP contribution in [0, 0.1) is 12.7 Å². The summed E-state index contributed by atoms with van der Waals surface area (Å²) in [6, 6.07) is 16.0. The summed E-state index contributed by atoms with van der Waals surface area (Å²) in [5.74, 6) is -1.32. The topological polar surface area (TPSA) is 104 Å². The van der Waals surface area contributed by atoms with E-state index in [0.29, 0.717) is 5.56 Å². The fourth-order valence-electron chi connectivity index (χ4n) is 3.35. The van der Waals surface area contributed by atoms with E-state index in [1.807, 2.05) is 6.92 Å². The molecule has 0 saturated heterocycles. The minimum atomic E-state index is -4.18. The highest BCUT2D eigenvalue weighted by atomic mass is 35.5. The SMILES string of the molecule is Cc1ccc(S(=O)(=O)N(CC(=O)NCc2ccc(S(=O)(=O)N(C)C)cc2)Cc2c(F)cccc2Cl)cc1. The quantitative estimate of drug-likeness (QED) is 0.403. The van der Waals surface area contributed by atoms with Gasteiger partial charge in [-0.2, -0.15) is 4.31 Å². The molecule has 0 atom stereocenters. The van der Waals surface area contributed by atoms with Crippen LogP contribution in [0.2, 0.25) is 5.02 Å². The lowest BCUT2D eigenvalue weighted by molar-refractivity contribution is -0.121. The lowest BCUT2D eigenvalue weighted by atomic mass is 10.2. The number of hydrogen-bond donors (Lipinski definition) is 1. The molecule has 0 aliphatic heterocycles. The van der Waals surface area contributed by atoms with Gasteiger partial charge in [0.05, 0.1) is 16.3 Å². The molecule has 0 aromatic heterocycles. The van der Waals surface area contributed by atoms with Crippen molar-refractivity contribution in [1.29, 1.82) is 0 Å². The van der Waals surface area contributed by atoms with E-state index in [4.69, 9.17) is 11.6 Å². The van der Waals surface area contributed by atoms with Crippen molar-refractivity contribution in [3.8, 4) is 0 Å². The van der Waals surface area contributed by atoms with Gasteiger partial charge in [-0.25, -0.2) is 25.5 Å². The summed E-state index contributed by atoms with van der Waals surface area (Å²) >= 11 is 6.12. The molecule has 3 aromatic carbocycles. The third-order valence-corrected chi connectivity index (χ3v) is 9.56. The second-order valence-corrected chi connectivity index (χ2v) is 13.0. The van der Waals surface area contributed by atoms with Crippen LogP contribution >= 0.6 is 11.6 Å². The maximum atomic E-state index is 14.5. The van der Waals surface area contributed by atoms with Gasteiger partial charge in [0.1, 0.15) is 5.82 Å². The second kappa shape index (κ2) is 11.7. The van der Waals surface area contributed by atoms with Crippen LogP contribution in [0.25, 0.3) is 0 Å². The maximum Gasteiger partial charge on any atom is 0.243 e. The van der Waals surface area contributed by atoms with E-state index < -0.39 is 44.9 Å². The molecule has 198 valence electrons. The number of carbonyl (C=O) groups excluding carboxylic acids is 1. The van der Waals surface area contributed by atoms with Gasteiger partial charge in [0.15, 0.2) is 0 Å². The van der Waals surface area contributed by atoms with Crippen LogP contribution in [-0.2, 0) is 37.9 Å². The number of carbonyl (C=O) groups is 1. The minimum Gasteiger partial charge on any atom is -0.351 e. The van der Waals surface area contributed by atoms with Crippen LogP contribution in [0.5, 0.6) is 0 Å². The molecule has 37 heavy (non-hydrogen) atoms. The molecule has 0 saturated carbocycles. The van der Waals surface area contributed by atoms with Crippen LogP contribution in [0.3, 0.4) is 0 Å². The third kappa shape index (κ3) is 6.93. The van der Waals surface area contributed by atoms with Crippen molar-refractivity contribution in [3.63, 3.8) is 0 Å². The molecule has 0 spiro atoms. The first-order valence-corrected chi connectivity index (χ1v) is 14.4. The molecule has 3 aromatic rings. The van der Waals surface area contributed by atoms with Crippen LogP contribution in [0.1, 0.15) is 16.7 Å². The third-order valence-electron chi connectivity index (χ3n) is 5.57. The molecular formula is C25H27ClFN3O5S2. The van der Waals surface area contributed by atoms with Gasteiger partial charge >= 0.3 is 0 Å². The average molecular weight is 568 g/mol. The number of benzene rings is 3. The zero-order valence-corrected chi connectivity index (χ0v) is 22.9. The fourth-order valence-corrected chi connectivity index (χ4v) is 5.84. The number of sulfonamides is 2. The molecule has 0 radical (unpaired) electrons. The zero-order chi connectivity index (χ0) is 27.4. The monoisotopic (exact) mass is 567 g/mol.